The molecule has 4 aliphatic carbocycles. The number of nitrogens with one attached hydrogen (secondary N) is 1. The summed E-state index contributed by atoms with van der Waals surface area (Å²) in [5, 5.41) is 3.33. The zero-order valence-electron chi connectivity index (χ0n) is 14.3. The van der Waals surface area contributed by atoms with E-state index in [2.05, 4.69) is 17.5 Å². The quantitative estimate of drug-likeness (QED) is 0.657. The Morgan fingerprint density at radius 3 is 2.38 bits per heavy atom. The summed E-state index contributed by atoms with van der Waals surface area (Å²) in [6, 6.07) is 5.25. The van der Waals surface area contributed by atoms with Crippen molar-refractivity contribution in [2.45, 2.75) is 13.3 Å². The molecule has 6 unspecified atom stereocenters. The summed E-state index contributed by atoms with van der Waals surface area (Å²) >= 11 is 6.08. The smallest absolute Gasteiger partial charge is 0.244 e. The van der Waals surface area contributed by atoms with Crippen LogP contribution in [0.1, 0.15) is 12.0 Å². The van der Waals surface area contributed by atoms with Crippen LogP contribution in [0.5, 0.6) is 0 Å². The van der Waals surface area contributed by atoms with Crippen molar-refractivity contribution in [1.29, 1.82) is 0 Å². The first-order chi connectivity index (χ1) is 12.5. The first-order valence-electron chi connectivity index (χ1n) is 9.06. The zero-order valence-corrected chi connectivity index (χ0v) is 15.1. The molecule has 2 saturated carbocycles. The van der Waals surface area contributed by atoms with Crippen LogP contribution in [0.25, 0.3) is 0 Å². The third-order valence-corrected chi connectivity index (χ3v) is 7.01. The van der Waals surface area contributed by atoms with Crippen molar-refractivity contribution in [2.24, 2.45) is 35.5 Å². The van der Waals surface area contributed by atoms with Crippen LogP contribution in [-0.2, 0) is 14.4 Å². The monoisotopic (exact) mass is 370 g/mol. The van der Waals surface area contributed by atoms with Gasteiger partial charge in [-0.3, -0.25) is 19.3 Å². The highest BCUT2D eigenvalue weighted by Crippen LogP contribution is 2.65. The van der Waals surface area contributed by atoms with E-state index in [1.807, 2.05) is 6.92 Å². The lowest BCUT2D eigenvalue weighted by atomic mass is 9.63. The molecule has 6 atom stereocenters. The van der Waals surface area contributed by atoms with Gasteiger partial charge in [-0.2, -0.15) is 0 Å². The Morgan fingerprint density at radius 2 is 1.77 bits per heavy atom. The fraction of sp³-hybridized carbons (Fsp3) is 0.450. The Kier molecular flexibility index (Phi) is 3.35. The van der Waals surface area contributed by atoms with Gasteiger partial charge in [0.05, 0.1) is 11.8 Å². The molecule has 0 radical (unpaired) electrons. The fourth-order valence-corrected chi connectivity index (χ4v) is 5.43. The molecule has 6 heteroatoms. The van der Waals surface area contributed by atoms with Gasteiger partial charge in [-0.05, 0) is 54.7 Å². The summed E-state index contributed by atoms with van der Waals surface area (Å²) in [6.07, 6.45) is 5.39. The molecular formula is C20H19ClN2O3. The van der Waals surface area contributed by atoms with Crippen LogP contribution >= 0.6 is 11.6 Å². The molecule has 26 heavy (non-hydrogen) atoms. The Bertz CT molecular complexity index is 844. The van der Waals surface area contributed by atoms with Gasteiger partial charge in [0.15, 0.2) is 0 Å². The van der Waals surface area contributed by atoms with Crippen molar-refractivity contribution in [3.63, 3.8) is 0 Å². The zero-order chi connectivity index (χ0) is 18.2. The van der Waals surface area contributed by atoms with Crippen molar-refractivity contribution >= 4 is 35.0 Å². The number of carbonyl (C=O) groups is 3. The molecule has 3 amide bonds. The lowest BCUT2D eigenvalue weighted by molar-refractivity contribution is -0.142. The molecule has 5 aliphatic rings. The van der Waals surface area contributed by atoms with Crippen LogP contribution in [0.4, 0.5) is 5.69 Å². The molecule has 2 bridgehead atoms. The molecule has 1 aromatic rings. The van der Waals surface area contributed by atoms with E-state index in [0.717, 1.165) is 12.0 Å². The Hall–Kier alpha value is -2.14. The molecule has 1 heterocycles. The summed E-state index contributed by atoms with van der Waals surface area (Å²) in [6.45, 7) is 1.58. The molecule has 0 aromatic heterocycles. The van der Waals surface area contributed by atoms with Crippen LogP contribution in [0.2, 0.25) is 5.02 Å². The van der Waals surface area contributed by atoms with Gasteiger partial charge in [0, 0.05) is 10.7 Å². The molecule has 5 nitrogen and oxygen atoms in total. The predicted octanol–water partition coefficient (Wildman–Crippen LogP) is 2.64. The van der Waals surface area contributed by atoms with E-state index in [4.69, 9.17) is 11.6 Å². The topological polar surface area (TPSA) is 66.5 Å². The molecule has 1 saturated heterocycles. The summed E-state index contributed by atoms with van der Waals surface area (Å²) in [5.74, 6) is 0.219. The second-order valence-electron chi connectivity index (χ2n) is 7.88. The first kappa shape index (κ1) is 16.1. The third-order valence-electron chi connectivity index (χ3n) is 6.60. The van der Waals surface area contributed by atoms with Gasteiger partial charge >= 0.3 is 0 Å². The number of hydrogen-bond donors (Lipinski definition) is 1. The van der Waals surface area contributed by atoms with Gasteiger partial charge in [-0.15, -0.1) is 0 Å². The van der Waals surface area contributed by atoms with Crippen molar-refractivity contribution in [3.8, 4) is 0 Å². The highest BCUT2D eigenvalue weighted by atomic mass is 35.5. The summed E-state index contributed by atoms with van der Waals surface area (Å²) in [5.41, 5.74) is 1.36. The Balaban J connectivity index is 1.34. The Morgan fingerprint density at radius 1 is 1.15 bits per heavy atom. The molecule has 3 fully saturated rings. The number of benzene rings is 1. The fourth-order valence-electron chi connectivity index (χ4n) is 5.25. The van der Waals surface area contributed by atoms with Gasteiger partial charge in [0.25, 0.3) is 0 Å². The minimum atomic E-state index is -0.374. The maximum atomic E-state index is 12.9. The number of nitrogens with zero attached hydrogens (tertiary/aromatic N) is 1. The maximum Gasteiger partial charge on any atom is 0.244 e. The number of anilines is 1. The second-order valence-corrected chi connectivity index (χ2v) is 8.28. The van der Waals surface area contributed by atoms with Crippen LogP contribution in [-0.4, -0.2) is 29.2 Å². The van der Waals surface area contributed by atoms with Crippen LogP contribution < -0.4 is 5.32 Å². The molecular weight excluding hydrogens is 352 g/mol. The Labute approximate surface area is 156 Å². The molecule has 1 aromatic carbocycles. The number of hydrogen-bond acceptors (Lipinski definition) is 3. The highest BCUT2D eigenvalue weighted by molar-refractivity contribution is 6.31. The van der Waals surface area contributed by atoms with Crippen molar-refractivity contribution < 1.29 is 14.4 Å². The average Bonchev–Trinajstić information content (AvgIpc) is 3.40. The molecule has 1 aliphatic heterocycles. The van der Waals surface area contributed by atoms with Gasteiger partial charge in [-0.1, -0.05) is 29.8 Å². The lowest BCUT2D eigenvalue weighted by Gasteiger charge is -2.37. The van der Waals surface area contributed by atoms with Crippen LogP contribution in [0.3, 0.4) is 0 Å². The van der Waals surface area contributed by atoms with E-state index in [9.17, 15) is 14.4 Å². The molecule has 134 valence electrons. The van der Waals surface area contributed by atoms with E-state index < -0.39 is 0 Å². The number of rotatable bonds is 3. The van der Waals surface area contributed by atoms with E-state index in [0.29, 0.717) is 22.5 Å². The van der Waals surface area contributed by atoms with Crippen LogP contribution in [0, 0.1) is 42.4 Å². The molecule has 0 spiro atoms. The second kappa shape index (κ2) is 5.43. The summed E-state index contributed by atoms with van der Waals surface area (Å²) < 4.78 is 0. The summed E-state index contributed by atoms with van der Waals surface area (Å²) in [4.78, 5) is 39.4. The van der Waals surface area contributed by atoms with Gasteiger partial charge < -0.3 is 5.32 Å². The number of imide groups is 1. The standard InChI is InChI=1S/C20H19ClN2O3/c1-9-14(21)3-2-4-15(9)22-16(24)8-23-19(25)17-10-5-6-11(13-7-12(10)13)18(17)20(23)26/h2-6,10-13,17-18H,7-8H2,1H3,(H,22,24). The van der Waals surface area contributed by atoms with Crippen molar-refractivity contribution in [1.82, 2.24) is 4.90 Å². The van der Waals surface area contributed by atoms with Crippen LogP contribution in [0.15, 0.2) is 30.4 Å². The highest BCUT2D eigenvalue weighted by Gasteiger charge is 2.67. The third kappa shape index (κ3) is 2.13. The maximum absolute atomic E-state index is 12.9. The minimum absolute atomic E-state index is 0.176. The predicted molar refractivity (Wildman–Crippen MR) is 96.2 cm³/mol. The first-order valence-corrected chi connectivity index (χ1v) is 9.43. The number of likely N-dealkylation sites (tertiary alicyclic amines) is 1. The van der Waals surface area contributed by atoms with Crippen molar-refractivity contribution in [3.05, 3.63) is 40.9 Å². The van der Waals surface area contributed by atoms with Crippen molar-refractivity contribution in [2.75, 3.05) is 11.9 Å². The lowest BCUT2D eigenvalue weighted by Crippen LogP contribution is -2.40. The van der Waals surface area contributed by atoms with E-state index in [-0.39, 0.29) is 47.9 Å². The largest absolute Gasteiger partial charge is 0.324 e. The number of carbonyl (C=O) groups excluding carboxylic acids is 3. The molecule has 1 N–H and O–H groups in total. The molecule has 6 rings (SSSR count). The van der Waals surface area contributed by atoms with Gasteiger partial charge in [-0.25, -0.2) is 0 Å². The van der Waals surface area contributed by atoms with E-state index >= 15 is 0 Å². The SMILES string of the molecule is Cc1c(Cl)cccc1NC(=O)CN1C(=O)C2C3C=CC(C4CC34)C2C1=O. The van der Waals surface area contributed by atoms with Gasteiger partial charge in [0.1, 0.15) is 6.54 Å². The normalized spacial score (nSPS) is 36.2. The summed E-state index contributed by atoms with van der Waals surface area (Å²) in [7, 11) is 0. The minimum Gasteiger partial charge on any atom is -0.324 e. The number of allylic oxidation sites excluding steroid dienone is 2. The van der Waals surface area contributed by atoms with Gasteiger partial charge in [0.2, 0.25) is 17.7 Å². The van der Waals surface area contributed by atoms with E-state index in [1.54, 1.807) is 18.2 Å². The number of amides is 3. The number of halogens is 1. The van der Waals surface area contributed by atoms with E-state index in [1.165, 1.54) is 4.90 Å². The average molecular weight is 371 g/mol.